The number of benzene rings is 2. The zero-order valence-electron chi connectivity index (χ0n) is 14.9. The van der Waals surface area contributed by atoms with Gasteiger partial charge in [0, 0.05) is 12.6 Å². The predicted octanol–water partition coefficient (Wildman–Crippen LogP) is 4.97. The van der Waals surface area contributed by atoms with Gasteiger partial charge in [0.15, 0.2) is 0 Å². The van der Waals surface area contributed by atoms with Crippen molar-refractivity contribution < 1.29 is 22.8 Å². The summed E-state index contributed by atoms with van der Waals surface area (Å²) in [6.45, 7) is 4.32. The van der Waals surface area contributed by atoms with E-state index in [4.69, 9.17) is 11.6 Å². The van der Waals surface area contributed by atoms with Crippen molar-refractivity contribution >= 4 is 34.8 Å². The second-order valence-corrected chi connectivity index (χ2v) is 6.49. The molecule has 2 rings (SSSR count). The Balaban J connectivity index is 2.31. The van der Waals surface area contributed by atoms with Gasteiger partial charge in [-0.2, -0.15) is 13.2 Å². The van der Waals surface area contributed by atoms with Gasteiger partial charge in [0.1, 0.15) is 6.54 Å². The highest BCUT2D eigenvalue weighted by atomic mass is 35.5. The Bertz CT molecular complexity index is 861. The third-order valence-corrected chi connectivity index (χ3v) is 4.31. The van der Waals surface area contributed by atoms with Crippen LogP contribution in [0, 0.1) is 13.8 Å². The van der Waals surface area contributed by atoms with E-state index < -0.39 is 30.1 Å². The molecule has 0 bridgehead atoms. The van der Waals surface area contributed by atoms with Gasteiger partial charge in [-0.25, -0.2) is 0 Å². The van der Waals surface area contributed by atoms with Crippen molar-refractivity contribution in [2.45, 2.75) is 26.9 Å². The fraction of sp³-hybridized carbons (Fsp3) is 0.263. The van der Waals surface area contributed by atoms with Gasteiger partial charge in [-0.3, -0.25) is 9.59 Å². The number of anilines is 2. The van der Waals surface area contributed by atoms with Crippen LogP contribution >= 0.6 is 11.6 Å². The molecule has 0 spiro atoms. The lowest BCUT2D eigenvalue weighted by atomic mass is 10.1. The van der Waals surface area contributed by atoms with E-state index in [9.17, 15) is 22.8 Å². The number of hydrogen-bond acceptors (Lipinski definition) is 2. The number of nitrogens with zero attached hydrogens (tertiary/aromatic N) is 1. The monoisotopic (exact) mass is 398 g/mol. The Morgan fingerprint density at radius 2 is 1.70 bits per heavy atom. The summed E-state index contributed by atoms with van der Waals surface area (Å²) in [6, 6.07) is 8.10. The van der Waals surface area contributed by atoms with Crippen LogP contribution in [-0.4, -0.2) is 18.4 Å². The van der Waals surface area contributed by atoms with E-state index in [0.717, 1.165) is 41.1 Å². The molecule has 0 radical (unpaired) electrons. The van der Waals surface area contributed by atoms with Crippen LogP contribution < -0.4 is 10.2 Å². The number of carbonyl (C=O) groups is 2. The number of rotatable bonds is 4. The van der Waals surface area contributed by atoms with E-state index in [1.165, 1.54) is 0 Å². The molecule has 8 heteroatoms. The van der Waals surface area contributed by atoms with Crippen LogP contribution in [0.4, 0.5) is 24.5 Å². The summed E-state index contributed by atoms with van der Waals surface area (Å²) >= 11 is 5.99. The molecule has 0 aromatic heterocycles. The minimum absolute atomic E-state index is 0.0573. The van der Waals surface area contributed by atoms with Crippen molar-refractivity contribution in [3.05, 3.63) is 58.1 Å². The van der Waals surface area contributed by atoms with Gasteiger partial charge in [-0.1, -0.05) is 29.8 Å². The van der Waals surface area contributed by atoms with Crippen LogP contribution in [0.1, 0.15) is 23.6 Å². The maximum atomic E-state index is 13.0. The van der Waals surface area contributed by atoms with Crippen LogP contribution in [0.3, 0.4) is 0 Å². The quantitative estimate of drug-likeness (QED) is 0.790. The Morgan fingerprint density at radius 1 is 1.11 bits per heavy atom. The van der Waals surface area contributed by atoms with Crippen LogP contribution in [0.5, 0.6) is 0 Å². The Labute approximate surface area is 159 Å². The summed E-state index contributed by atoms with van der Waals surface area (Å²) in [6.07, 6.45) is -4.59. The zero-order chi connectivity index (χ0) is 20.4. The largest absolute Gasteiger partial charge is 0.416 e. The fourth-order valence-electron chi connectivity index (χ4n) is 2.60. The number of para-hydroxylation sites is 1. The average molecular weight is 399 g/mol. The second kappa shape index (κ2) is 8.00. The first-order valence-electron chi connectivity index (χ1n) is 8.01. The number of alkyl halides is 3. The van der Waals surface area contributed by atoms with Gasteiger partial charge < -0.3 is 10.2 Å². The first kappa shape index (κ1) is 20.8. The van der Waals surface area contributed by atoms with Crippen molar-refractivity contribution in [3.63, 3.8) is 0 Å². The maximum Gasteiger partial charge on any atom is 0.416 e. The highest BCUT2D eigenvalue weighted by molar-refractivity contribution is 6.34. The molecule has 0 saturated carbocycles. The minimum atomic E-state index is -4.59. The van der Waals surface area contributed by atoms with E-state index in [-0.39, 0.29) is 10.7 Å². The molecule has 0 atom stereocenters. The summed E-state index contributed by atoms with van der Waals surface area (Å²) in [5.41, 5.74) is 1.13. The molecule has 0 aliphatic heterocycles. The normalized spacial score (nSPS) is 11.2. The van der Waals surface area contributed by atoms with Crippen molar-refractivity contribution in [2.75, 3.05) is 16.8 Å². The molecule has 0 aliphatic carbocycles. The Morgan fingerprint density at radius 3 is 2.22 bits per heavy atom. The molecule has 144 valence electrons. The van der Waals surface area contributed by atoms with Crippen LogP contribution in [-0.2, 0) is 15.8 Å². The van der Waals surface area contributed by atoms with E-state index in [2.05, 4.69) is 5.32 Å². The number of aryl methyl sites for hydroxylation is 2. The molecule has 2 amide bonds. The van der Waals surface area contributed by atoms with E-state index in [0.29, 0.717) is 5.69 Å². The summed E-state index contributed by atoms with van der Waals surface area (Å²) < 4.78 is 38.9. The second-order valence-electron chi connectivity index (χ2n) is 6.08. The highest BCUT2D eigenvalue weighted by Gasteiger charge is 2.32. The van der Waals surface area contributed by atoms with Crippen LogP contribution in [0.15, 0.2) is 36.4 Å². The number of halogens is 4. The number of carbonyl (C=O) groups excluding carboxylic acids is 2. The van der Waals surface area contributed by atoms with Crippen molar-refractivity contribution in [3.8, 4) is 0 Å². The van der Waals surface area contributed by atoms with Gasteiger partial charge in [0.05, 0.1) is 16.3 Å². The molecule has 0 fully saturated rings. The lowest BCUT2D eigenvalue weighted by Crippen LogP contribution is -2.37. The number of nitrogens with one attached hydrogen (secondary N) is 1. The van der Waals surface area contributed by atoms with Gasteiger partial charge >= 0.3 is 6.18 Å². The number of amides is 2. The Hall–Kier alpha value is -2.54. The SMILES string of the molecule is CC(=O)N(CC(=O)Nc1c(C)cccc1C)c1cc(C(F)(F)F)ccc1Cl. The van der Waals surface area contributed by atoms with Crippen molar-refractivity contribution in [1.29, 1.82) is 0 Å². The molecule has 1 N–H and O–H groups in total. The molecule has 2 aromatic rings. The molecule has 0 saturated heterocycles. The summed E-state index contributed by atoms with van der Waals surface area (Å²) in [5.74, 6) is -1.15. The summed E-state index contributed by atoms with van der Waals surface area (Å²) in [4.78, 5) is 25.3. The molecule has 2 aromatic carbocycles. The molecule has 0 aliphatic rings. The number of hydrogen-bond donors (Lipinski definition) is 1. The smallest absolute Gasteiger partial charge is 0.324 e. The third kappa shape index (κ3) is 5.01. The maximum absolute atomic E-state index is 13.0. The molecular formula is C19H18ClF3N2O2. The van der Waals surface area contributed by atoms with Crippen molar-refractivity contribution in [1.82, 2.24) is 0 Å². The molecular weight excluding hydrogens is 381 g/mol. The van der Waals surface area contributed by atoms with Crippen LogP contribution in [0.25, 0.3) is 0 Å². The van der Waals surface area contributed by atoms with E-state index >= 15 is 0 Å². The summed E-state index contributed by atoms with van der Waals surface area (Å²) in [5, 5.41) is 2.64. The molecule has 0 unspecified atom stereocenters. The lowest BCUT2D eigenvalue weighted by Gasteiger charge is -2.23. The fourth-order valence-corrected chi connectivity index (χ4v) is 2.82. The predicted molar refractivity (Wildman–Crippen MR) is 99.0 cm³/mol. The molecule has 27 heavy (non-hydrogen) atoms. The first-order chi connectivity index (χ1) is 12.5. The van der Waals surface area contributed by atoms with Gasteiger partial charge in [-0.05, 0) is 43.2 Å². The zero-order valence-corrected chi connectivity index (χ0v) is 15.7. The highest BCUT2D eigenvalue weighted by Crippen LogP contribution is 2.35. The molecule has 0 heterocycles. The summed E-state index contributed by atoms with van der Waals surface area (Å²) in [7, 11) is 0. The third-order valence-electron chi connectivity index (χ3n) is 3.99. The van der Waals surface area contributed by atoms with Gasteiger partial charge in [0.2, 0.25) is 11.8 Å². The topological polar surface area (TPSA) is 49.4 Å². The van der Waals surface area contributed by atoms with Crippen LogP contribution in [0.2, 0.25) is 5.02 Å². The van der Waals surface area contributed by atoms with Crippen molar-refractivity contribution in [2.24, 2.45) is 0 Å². The van der Waals surface area contributed by atoms with Gasteiger partial charge in [-0.15, -0.1) is 0 Å². The molecule has 4 nitrogen and oxygen atoms in total. The average Bonchev–Trinajstić information content (AvgIpc) is 2.55. The standard InChI is InChI=1S/C19H18ClF3N2O2/c1-11-5-4-6-12(2)18(11)24-17(27)10-25(13(3)26)16-9-14(19(21,22)23)7-8-15(16)20/h4-9H,10H2,1-3H3,(H,24,27). The lowest BCUT2D eigenvalue weighted by molar-refractivity contribution is -0.137. The van der Waals surface area contributed by atoms with E-state index in [1.54, 1.807) is 0 Å². The first-order valence-corrected chi connectivity index (χ1v) is 8.39. The van der Waals surface area contributed by atoms with E-state index in [1.807, 2.05) is 32.0 Å². The van der Waals surface area contributed by atoms with Gasteiger partial charge in [0.25, 0.3) is 0 Å². The minimum Gasteiger partial charge on any atom is -0.324 e. The Kier molecular flexibility index (Phi) is 6.15.